The number of primary amides is 1. The van der Waals surface area contributed by atoms with Crippen molar-refractivity contribution in [2.24, 2.45) is 5.73 Å². The number of hydrogen-bond donors (Lipinski definition) is 3. The molecular weight excluding hydrogens is 232 g/mol. The van der Waals surface area contributed by atoms with Crippen LogP contribution in [0, 0.1) is 0 Å². The summed E-state index contributed by atoms with van der Waals surface area (Å²) in [7, 11) is 0. The van der Waals surface area contributed by atoms with Crippen molar-refractivity contribution in [3.05, 3.63) is 41.7 Å². The van der Waals surface area contributed by atoms with Gasteiger partial charge in [-0.3, -0.25) is 9.78 Å². The molecule has 0 unspecified atom stereocenters. The molecule has 0 aliphatic rings. The topological polar surface area (TPSA) is 96.4 Å². The zero-order valence-corrected chi connectivity index (χ0v) is 10.9. The van der Waals surface area contributed by atoms with Gasteiger partial charge in [0.2, 0.25) is 6.41 Å². The standard InChI is InChI=1S/C7H9NO2.C5H10.CH3NO/c9-4-6-2-1-3-7(5-10)8-6;1-3-5-4-2;2-1-3/h1-3,9-10H,4-5H2;3,5H,4H2,1-2H3;1H,(H2,2,3)/b;5-3+;. The lowest BCUT2D eigenvalue weighted by Crippen LogP contribution is -1.93. The van der Waals surface area contributed by atoms with Gasteiger partial charge in [-0.25, -0.2) is 0 Å². The molecule has 1 rings (SSSR count). The van der Waals surface area contributed by atoms with E-state index in [4.69, 9.17) is 15.0 Å². The molecule has 1 amide bonds. The SMILES string of the molecule is C/C=C/CC.NC=O.OCc1cccc(CO)n1. The first-order valence-electron chi connectivity index (χ1n) is 5.63. The van der Waals surface area contributed by atoms with Gasteiger partial charge in [0.15, 0.2) is 0 Å². The van der Waals surface area contributed by atoms with Gasteiger partial charge in [0.25, 0.3) is 0 Å². The van der Waals surface area contributed by atoms with Crippen LogP contribution >= 0.6 is 0 Å². The molecule has 4 N–H and O–H groups in total. The number of nitrogens with two attached hydrogens (primary N) is 1. The molecule has 0 aliphatic heterocycles. The van der Waals surface area contributed by atoms with Crippen molar-refractivity contribution in [2.75, 3.05) is 0 Å². The van der Waals surface area contributed by atoms with Crippen LogP contribution in [0.15, 0.2) is 30.4 Å². The predicted molar refractivity (Wildman–Crippen MR) is 71.4 cm³/mol. The Bertz CT molecular complexity index is 309. The second-order valence-electron chi connectivity index (χ2n) is 3.05. The average molecular weight is 254 g/mol. The first-order chi connectivity index (χ1) is 8.69. The molecule has 0 radical (unpaired) electrons. The quantitative estimate of drug-likeness (QED) is 0.556. The summed E-state index contributed by atoms with van der Waals surface area (Å²) in [4.78, 5) is 12.5. The van der Waals surface area contributed by atoms with Gasteiger partial charge in [-0.15, -0.1) is 0 Å². The third-order valence-corrected chi connectivity index (χ3v) is 1.66. The van der Waals surface area contributed by atoms with E-state index in [-0.39, 0.29) is 19.6 Å². The summed E-state index contributed by atoms with van der Waals surface area (Å²) in [5.74, 6) is 0. The van der Waals surface area contributed by atoms with Crippen molar-refractivity contribution >= 4 is 6.41 Å². The maximum atomic E-state index is 8.61. The van der Waals surface area contributed by atoms with Crippen LogP contribution in [0.25, 0.3) is 0 Å². The van der Waals surface area contributed by atoms with Gasteiger partial charge in [0.1, 0.15) is 0 Å². The summed E-state index contributed by atoms with van der Waals surface area (Å²) in [5, 5.41) is 17.2. The molecular formula is C13H22N2O3. The van der Waals surface area contributed by atoms with Gasteiger partial charge in [0, 0.05) is 0 Å². The molecule has 0 bridgehead atoms. The predicted octanol–water partition coefficient (Wildman–Crippen LogP) is 1.14. The smallest absolute Gasteiger partial charge is 0.204 e. The van der Waals surface area contributed by atoms with Crippen LogP contribution in [0.4, 0.5) is 0 Å². The van der Waals surface area contributed by atoms with Gasteiger partial charge >= 0.3 is 0 Å². The van der Waals surface area contributed by atoms with E-state index in [1.54, 1.807) is 18.2 Å². The Morgan fingerprint density at radius 1 is 1.28 bits per heavy atom. The first kappa shape index (κ1) is 18.6. The molecule has 0 atom stereocenters. The zero-order valence-electron chi connectivity index (χ0n) is 10.9. The number of carbonyl (C=O) groups is 1. The monoisotopic (exact) mass is 254 g/mol. The van der Waals surface area contributed by atoms with Crippen LogP contribution in [-0.2, 0) is 18.0 Å². The average Bonchev–Trinajstić information content (AvgIpc) is 2.41. The van der Waals surface area contributed by atoms with Crippen molar-refractivity contribution < 1.29 is 15.0 Å². The number of aliphatic hydroxyl groups excluding tert-OH is 2. The van der Waals surface area contributed by atoms with Crippen LogP contribution < -0.4 is 5.73 Å². The van der Waals surface area contributed by atoms with Crippen LogP contribution in [0.2, 0.25) is 0 Å². The molecule has 1 aromatic heterocycles. The fourth-order valence-corrected chi connectivity index (χ4v) is 0.941. The van der Waals surface area contributed by atoms with Crippen LogP contribution in [0.1, 0.15) is 31.7 Å². The Labute approximate surface area is 108 Å². The van der Waals surface area contributed by atoms with Crippen molar-refractivity contribution in [1.29, 1.82) is 0 Å². The summed E-state index contributed by atoms with van der Waals surface area (Å²) < 4.78 is 0. The van der Waals surface area contributed by atoms with E-state index < -0.39 is 0 Å². The van der Waals surface area contributed by atoms with Gasteiger partial charge in [0.05, 0.1) is 24.6 Å². The number of pyridine rings is 1. The largest absolute Gasteiger partial charge is 0.390 e. The maximum absolute atomic E-state index is 8.61. The highest BCUT2D eigenvalue weighted by Gasteiger charge is 1.92. The van der Waals surface area contributed by atoms with Crippen LogP contribution in [0.3, 0.4) is 0 Å². The molecule has 5 nitrogen and oxygen atoms in total. The Balaban J connectivity index is 0. The third-order valence-electron chi connectivity index (χ3n) is 1.66. The second kappa shape index (κ2) is 15.3. The number of allylic oxidation sites excluding steroid dienone is 2. The molecule has 0 aliphatic carbocycles. The van der Waals surface area contributed by atoms with Crippen molar-refractivity contribution in [2.45, 2.75) is 33.5 Å². The minimum Gasteiger partial charge on any atom is -0.390 e. The number of aliphatic hydroxyl groups is 2. The van der Waals surface area contributed by atoms with Gasteiger partial charge in [-0.2, -0.15) is 0 Å². The first-order valence-corrected chi connectivity index (χ1v) is 5.63. The highest BCUT2D eigenvalue weighted by atomic mass is 16.3. The molecule has 102 valence electrons. The number of carbonyl (C=O) groups excluding carboxylic acids is 1. The van der Waals surface area contributed by atoms with E-state index in [0.717, 1.165) is 6.42 Å². The summed E-state index contributed by atoms with van der Waals surface area (Å²) in [6, 6.07) is 5.17. The fraction of sp³-hybridized carbons (Fsp3) is 0.385. The van der Waals surface area contributed by atoms with E-state index in [1.165, 1.54) is 0 Å². The number of rotatable bonds is 3. The van der Waals surface area contributed by atoms with Crippen molar-refractivity contribution in [1.82, 2.24) is 4.98 Å². The lowest BCUT2D eigenvalue weighted by Gasteiger charge is -1.96. The van der Waals surface area contributed by atoms with Gasteiger partial charge in [-0.05, 0) is 25.5 Å². The Morgan fingerprint density at radius 3 is 1.94 bits per heavy atom. The fourth-order valence-electron chi connectivity index (χ4n) is 0.941. The summed E-state index contributed by atoms with van der Waals surface area (Å²) in [6.45, 7) is 4.01. The Kier molecular flexibility index (Phi) is 15.8. The number of aromatic nitrogens is 1. The van der Waals surface area contributed by atoms with Gasteiger partial charge in [-0.1, -0.05) is 25.1 Å². The molecule has 18 heavy (non-hydrogen) atoms. The second-order valence-corrected chi connectivity index (χ2v) is 3.05. The van der Waals surface area contributed by atoms with E-state index in [1.807, 2.05) is 6.92 Å². The van der Waals surface area contributed by atoms with E-state index in [0.29, 0.717) is 11.4 Å². The molecule has 0 saturated carbocycles. The van der Waals surface area contributed by atoms with E-state index >= 15 is 0 Å². The molecule has 0 fully saturated rings. The Hall–Kier alpha value is -1.72. The highest BCUT2D eigenvalue weighted by Crippen LogP contribution is 1.98. The molecule has 0 saturated heterocycles. The van der Waals surface area contributed by atoms with Crippen molar-refractivity contribution in [3.8, 4) is 0 Å². The number of amides is 1. The van der Waals surface area contributed by atoms with E-state index in [9.17, 15) is 0 Å². The molecule has 1 heterocycles. The van der Waals surface area contributed by atoms with Gasteiger partial charge < -0.3 is 15.9 Å². The Morgan fingerprint density at radius 2 is 1.72 bits per heavy atom. The minimum atomic E-state index is -0.0756. The third kappa shape index (κ3) is 12.4. The van der Waals surface area contributed by atoms with E-state index in [2.05, 4.69) is 29.8 Å². The highest BCUT2D eigenvalue weighted by molar-refractivity contribution is 5.42. The van der Waals surface area contributed by atoms with Crippen LogP contribution in [-0.4, -0.2) is 21.6 Å². The van der Waals surface area contributed by atoms with Crippen molar-refractivity contribution in [3.63, 3.8) is 0 Å². The summed E-state index contributed by atoms with van der Waals surface area (Å²) in [6.07, 6.45) is 5.59. The number of nitrogens with zero attached hydrogens (tertiary/aromatic N) is 1. The molecule has 1 aromatic rings. The normalized spacial score (nSPS) is 8.89. The lowest BCUT2D eigenvalue weighted by atomic mass is 10.3. The summed E-state index contributed by atoms with van der Waals surface area (Å²) >= 11 is 0. The molecule has 0 spiro atoms. The van der Waals surface area contributed by atoms with Crippen LogP contribution in [0.5, 0.6) is 0 Å². The summed E-state index contributed by atoms with van der Waals surface area (Å²) in [5.41, 5.74) is 5.35. The number of hydrogen-bond acceptors (Lipinski definition) is 4. The maximum Gasteiger partial charge on any atom is 0.204 e. The lowest BCUT2D eigenvalue weighted by molar-refractivity contribution is -0.106. The minimum absolute atomic E-state index is 0.0756. The molecule has 0 aromatic carbocycles. The zero-order chi connectivity index (χ0) is 14.2. The molecule has 5 heteroatoms.